The Morgan fingerprint density at radius 2 is 1.95 bits per heavy atom. The van der Waals surface area contributed by atoms with Crippen LogP contribution >= 0.6 is 11.3 Å². The van der Waals surface area contributed by atoms with Gasteiger partial charge in [0.25, 0.3) is 5.56 Å². The lowest BCUT2D eigenvalue weighted by Gasteiger charge is -2.33. The third-order valence-corrected chi connectivity index (χ3v) is 9.12. The molecule has 0 radical (unpaired) electrons. The molecule has 1 aromatic carbocycles. The van der Waals surface area contributed by atoms with Gasteiger partial charge in [0.15, 0.2) is 0 Å². The molecular weight excluding hydrogens is 518 g/mol. The quantitative estimate of drug-likeness (QED) is 0.314. The van der Waals surface area contributed by atoms with Gasteiger partial charge < -0.3 is 14.3 Å². The summed E-state index contributed by atoms with van der Waals surface area (Å²) < 4.78 is 14.6. The highest BCUT2D eigenvalue weighted by Crippen LogP contribution is 2.37. The molecule has 3 aromatic heterocycles. The molecule has 1 saturated carbocycles. The van der Waals surface area contributed by atoms with E-state index in [4.69, 9.17) is 9.15 Å². The summed E-state index contributed by atoms with van der Waals surface area (Å²) >= 11 is 1.24. The van der Waals surface area contributed by atoms with Gasteiger partial charge in [0.05, 0.1) is 29.1 Å². The average molecular weight is 552 g/mol. The Balaban J connectivity index is 1.74. The van der Waals surface area contributed by atoms with Gasteiger partial charge in [0, 0.05) is 0 Å². The fraction of sp³-hybridized carbons (Fsp3) is 0.448. The van der Waals surface area contributed by atoms with Crippen molar-refractivity contribution in [2.24, 2.45) is 5.92 Å². The number of carbonyl (C=O) groups is 1. The molecule has 39 heavy (non-hydrogen) atoms. The number of benzene rings is 1. The molecule has 0 saturated heterocycles. The highest BCUT2D eigenvalue weighted by Gasteiger charge is 2.36. The summed E-state index contributed by atoms with van der Waals surface area (Å²) in [6.45, 7) is 6.79. The molecule has 9 nitrogen and oxygen atoms in total. The van der Waals surface area contributed by atoms with Crippen LogP contribution in [-0.2, 0) is 21.6 Å². The van der Waals surface area contributed by atoms with E-state index in [9.17, 15) is 19.5 Å². The van der Waals surface area contributed by atoms with E-state index >= 15 is 0 Å². The highest BCUT2D eigenvalue weighted by atomic mass is 32.1. The molecular formula is C29H33N3O6S. The third-order valence-electron chi connectivity index (χ3n) is 7.81. The Morgan fingerprint density at radius 3 is 2.59 bits per heavy atom. The standard InChI is InChI=1S/C29H33N3O6S/c1-17-10-8-9-13-20(17)38-21(19-11-6-5-7-12-19)16-31-26-22(18(2)23(39-26)24-30-14-15-37-24)25(33)32(28(31)36)29(3,4)27(34)35/h5-7,11-12,14-15,17,20-21H,8-10,13,16H2,1-4H3,(H,34,35). The number of oxazole rings is 1. The van der Waals surface area contributed by atoms with Crippen molar-refractivity contribution in [2.45, 2.75) is 77.7 Å². The molecule has 5 rings (SSSR count). The maximum Gasteiger partial charge on any atom is 0.333 e. The Morgan fingerprint density at radius 1 is 1.23 bits per heavy atom. The summed E-state index contributed by atoms with van der Waals surface area (Å²) in [5.74, 6) is -0.564. The smallest absolute Gasteiger partial charge is 0.333 e. The van der Waals surface area contributed by atoms with Gasteiger partial charge in [-0.05, 0) is 50.7 Å². The summed E-state index contributed by atoms with van der Waals surface area (Å²) in [5.41, 5.74) is -1.62. The van der Waals surface area contributed by atoms with Crippen molar-refractivity contribution in [1.82, 2.24) is 14.1 Å². The molecule has 206 valence electrons. The van der Waals surface area contributed by atoms with E-state index in [2.05, 4.69) is 11.9 Å². The molecule has 0 amide bonds. The summed E-state index contributed by atoms with van der Waals surface area (Å²) in [5, 5.41) is 10.3. The van der Waals surface area contributed by atoms with Gasteiger partial charge >= 0.3 is 11.7 Å². The lowest BCUT2D eigenvalue weighted by Crippen LogP contribution is -2.52. The van der Waals surface area contributed by atoms with Crippen LogP contribution in [0, 0.1) is 12.8 Å². The topological polar surface area (TPSA) is 117 Å². The number of nitrogens with zero attached hydrogens (tertiary/aromatic N) is 3. The van der Waals surface area contributed by atoms with Crippen molar-refractivity contribution >= 4 is 27.5 Å². The Bertz CT molecular complexity index is 1600. The van der Waals surface area contributed by atoms with Gasteiger partial charge in [-0.2, -0.15) is 0 Å². The summed E-state index contributed by atoms with van der Waals surface area (Å²) in [7, 11) is 0. The zero-order valence-electron chi connectivity index (χ0n) is 22.5. The zero-order valence-corrected chi connectivity index (χ0v) is 23.4. The molecule has 0 spiro atoms. The maximum absolute atomic E-state index is 14.1. The van der Waals surface area contributed by atoms with E-state index in [1.807, 2.05) is 30.3 Å². The van der Waals surface area contributed by atoms with Gasteiger partial charge in [0.2, 0.25) is 5.89 Å². The Kier molecular flexibility index (Phi) is 7.35. The van der Waals surface area contributed by atoms with Crippen molar-refractivity contribution in [2.75, 3.05) is 0 Å². The molecule has 1 aliphatic rings. The first-order chi connectivity index (χ1) is 18.6. The van der Waals surface area contributed by atoms with Gasteiger partial charge in [-0.3, -0.25) is 9.36 Å². The number of aryl methyl sites for hydroxylation is 1. The van der Waals surface area contributed by atoms with E-state index in [0.29, 0.717) is 27.1 Å². The summed E-state index contributed by atoms with van der Waals surface area (Å²) in [6, 6.07) is 9.72. The van der Waals surface area contributed by atoms with Crippen LogP contribution in [-0.4, -0.2) is 31.3 Å². The predicted molar refractivity (Wildman–Crippen MR) is 149 cm³/mol. The van der Waals surface area contributed by atoms with E-state index < -0.39 is 28.9 Å². The van der Waals surface area contributed by atoms with Crippen molar-refractivity contribution in [1.29, 1.82) is 0 Å². The SMILES string of the molecule is Cc1c(-c2ncco2)sc2c1c(=O)n(C(C)(C)C(=O)O)c(=O)n2CC(OC1CCCCC1C)c1ccccc1. The number of rotatable bonds is 8. The van der Waals surface area contributed by atoms with Crippen LogP contribution in [0.25, 0.3) is 21.0 Å². The van der Waals surface area contributed by atoms with Crippen LogP contribution in [0.4, 0.5) is 0 Å². The monoisotopic (exact) mass is 551 g/mol. The molecule has 1 N–H and O–H groups in total. The van der Waals surface area contributed by atoms with Gasteiger partial charge in [-0.25, -0.2) is 19.1 Å². The van der Waals surface area contributed by atoms with Crippen LogP contribution in [0.3, 0.4) is 0 Å². The van der Waals surface area contributed by atoms with Crippen LogP contribution in [0.1, 0.15) is 63.7 Å². The molecule has 1 fully saturated rings. The largest absolute Gasteiger partial charge is 0.480 e. The normalized spacial score (nSPS) is 18.9. The molecule has 1 aliphatic carbocycles. The van der Waals surface area contributed by atoms with Crippen molar-refractivity contribution < 1.29 is 19.1 Å². The number of carboxylic acid groups (broad SMARTS) is 1. The third kappa shape index (κ3) is 4.87. The number of aromatic nitrogens is 3. The molecule has 3 unspecified atom stereocenters. The van der Waals surface area contributed by atoms with Crippen LogP contribution in [0.2, 0.25) is 0 Å². The van der Waals surface area contributed by atoms with Gasteiger partial charge in [-0.1, -0.05) is 50.1 Å². The molecule has 3 heterocycles. The molecule has 3 atom stereocenters. The first-order valence-corrected chi connectivity index (χ1v) is 14.1. The summed E-state index contributed by atoms with van der Waals surface area (Å²) in [4.78, 5) is 45.4. The van der Waals surface area contributed by atoms with Crippen LogP contribution < -0.4 is 11.2 Å². The zero-order chi connectivity index (χ0) is 27.9. The lowest BCUT2D eigenvalue weighted by molar-refractivity contribution is -0.146. The van der Waals surface area contributed by atoms with Gasteiger partial charge in [-0.15, -0.1) is 11.3 Å². The van der Waals surface area contributed by atoms with Gasteiger partial charge in [0.1, 0.15) is 22.7 Å². The minimum Gasteiger partial charge on any atom is -0.480 e. The Hall–Kier alpha value is -3.50. The van der Waals surface area contributed by atoms with Crippen molar-refractivity contribution in [3.8, 4) is 10.8 Å². The van der Waals surface area contributed by atoms with Crippen molar-refractivity contribution in [3.05, 3.63) is 74.8 Å². The number of ether oxygens (including phenoxy) is 1. The second-order valence-corrected chi connectivity index (χ2v) is 11.8. The lowest BCUT2D eigenvalue weighted by atomic mass is 9.87. The average Bonchev–Trinajstić information content (AvgIpc) is 3.55. The van der Waals surface area contributed by atoms with Crippen LogP contribution in [0.15, 0.2) is 56.8 Å². The fourth-order valence-corrected chi connectivity index (χ4v) is 6.63. The molecule has 0 aliphatic heterocycles. The second kappa shape index (κ2) is 10.6. The number of hydrogen-bond donors (Lipinski definition) is 1. The number of fused-ring (bicyclic) bond motifs is 1. The highest BCUT2D eigenvalue weighted by molar-refractivity contribution is 7.22. The van der Waals surface area contributed by atoms with E-state index in [0.717, 1.165) is 29.4 Å². The molecule has 4 aromatic rings. The number of aliphatic carboxylic acids is 1. The predicted octanol–water partition coefficient (Wildman–Crippen LogP) is 5.34. The first kappa shape index (κ1) is 27.1. The van der Waals surface area contributed by atoms with Crippen LogP contribution in [0.5, 0.6) is 0 Å². The fourth-order valence-electron chi connectivity index (χ4n) is 5.39. The maximum atomic E-state index is 14.1. The Labute approximate surface area is 229 Å². The number of hydrogen-bond acceptors (Lipinski definition) is 7. The number of carboxylic acids is 1. The van der Waals surface area contributed by atoms with E-state index in [1.165, 1.54) is 48.6 Å². The first-order valence-electron chi connectivity index (χ1n) is 13.2. The van der Waals surface area contributed by atoms with E-state index in [1.54, 1.807) is 6.92 Å². The molecule has 10 heteroatoms. The minimum atomic E-state index is -1.78. The summed E-state index contributed by atoms with van der Waals surface area (Å²) in [6.07, 6.45) is 6.79. The second-order valence-electron chi connectivity index (χ2n) is 10.8. The molecule has 0 bridgehead atoms. The minimum absolute atomic E-state index is 0.0319. The number of thiophene rings is 1. The van der Waals surface area contributed by atoms with Crippen molar-refractivity contribution in [3.63, 3.8) is 0 Å². The van der Waals surface area contributed by atoms with E-state index in [-0.39, 0.29) is 18.0 Å².